The number of hydrogen-bond acceptors (Lipinski definition) is 3. The van der Waals surface area contributed by atoms with Gasteiger partial charge in [-0.2, -0.15) is 0 Å². The molecular weight excluding hydrogens is 264 g/mol. The van der Waals surface area contributed by atoms with E-state index in [1.54, 1.807) is 6.07 Å². The molecule has 0 aliphatic carbocycles. The standard InChI is InChI=1S/C15H13F2NO2/c1-9-4-12(17)13(6-11(9)16)18-7-10-2-3-14-15(5-10)20-8-19-14/h2-6,18H,7-8H2,1H3. The second-order valence-corrected chi connectivity index (χ2v) is 4.62. The first-order valence-electron chi connectivity index (χ1n) is 6.21. The average Bonchev–Trinajstić information content (AvgIpc) is 2.89. The van der Waals surface area contributed by atoms with E-state index in [4.69, 9.17) is 9.47 Å². The first-order valence-corrected chi connectivity index (χ1v) is 6.21. The van der Waals surface area contributed by atoms with Crippen LogP contribution in [0.1, 0.15) is 11.1 Å². The first-order chi connectivity index (χ1) is 9.63. The number of halogens is 2. The lowest BCUT2D eigenvalue weighted by atomic mass is 10.1. The minimum atomic E-state index is -0.468. The maximum absolute atomic E-state index is 13.7. The average molecular weight is 277 g/mol. The van der Waals surface area contributed by atoms with Crippen LogP contribution < -0.4 is 14.8 Å². The van der Waals surface area contributed by atoms with Crippen LogP contribution in [0.25, 0.3) is 0 Å². The summed E-state index contributed by atoms with van der Waals surface area (Å²) in [5.74, 6) is 0.463. The second-order valence-electron chi connectivity index (χ2n) is 4.62. The molecule has 3 rings (SSSR count). The zero-order valence-corrected chi connectivity index (χ0v) is 10.9. The van der Waals surface area contributed by atoms with Crippen LogP contribution in [0, 0.1) is 18.6 Å². The third-order valence-corrected chi connectivity index (χ3v) is 3.17. The number of aryl methyl sites for hydroxylation is 1. The van der Waals surface area contributed by atoms with Gasteiger partial charge in [0.15, 0.2) is 11.5 Å². The van der Waals surface area contributed by atoms with Gasteiger partial charge in [0.1, 0.15) is 11.6 Å². The van der Waals surface area contributed by atoms with Gasteiger partial charge < -0.3 is 14.8 Å². The van der Waals surface area contributed by atoms with Crippen LogP contribution in [-0.2, 0) is 6.54 Å². The molecule has 3 nitrogen and oxygen atoms in total. The van der Waals surface area contributed by atoms with Crippen LogP contribution in [0.4, 0.5) is 14.5 Å². The molecule has 0 atom stereocenters. The van der Waals surface area contributed by atoms with Crippen molar-refractivity contribution in [3.8, 4) is 11.5 Å². The SMILES string of the molecule is Cc1cc(F)c(NCc2ccc3c(c2)OCO3)cc1F. The van der Waals surface area contributed by atoms with E-state index in [1.807, 2.05) is 12.1 Å². The molecule has 0 fully saturated rings. The molecule has 104 valence electrons. The van der Waals surface area contributed by atoms with Crippen molar-refractivity contribution in [1.82, 2.24) is 0 Å². The minimum Gasteiger partial charge on any atom is -0.454 e. The van der Waals surface area contributed by atoms with Crippen molar-refractivity contribution in [1.29, 1.82) is 0 Å². The first kappa shape index (κ1) is 12.7. The maximum atomic E-state index is 13.7. The number of fused-ring (bicyclic) bond motifs is 1. The summed E-state index contributed by atoms with van der Waals surface area (Å²) >= 11 is 0. The molecule has 5 heteroatoms. The Kier molecular flexibility index (Phi) is 3.18. The molecule has 0 spiro atoms. The van der Waals surface area contributed by atoms with Crippen LogP contribution >= 0.6 is 0 Å². The molecule has 1 heterocycles. The van der Waals surface area contributed by atoms with Gasteiger partial charge in [-0.3, -0.25) is 0 Å². The van der Waals surface area contributed by atoms with Gasteiger partial charge in [-0.05, 0) is 36.2 Å². The highest BCUT2D eigenvalue weighted by Gasteiger charge is 2.13. The fourth-order valence-electron chi connectivity index (χ4n) is 2.03. The highest BCUT2D eigenvalue weighted by atomic mass is 19.1. The topological polar surface area (TPSA) is 30.5 Å². The number of ether oxygens (including phenoxy) is 2. The third kappa shape index (κ3) is 2.39. The van der Waals surface area contributed by atoms with Crippen LogP contribution in [0.5, 0.6) is 11.5 Å². The molecule has 1 aliphatic heterocycles. The predicted molar refractivity (Wildman–Crippen MR) is 71.0 cm³/mol. The Morgan fingerprint density at radius 3 is 2.70 bits per heavy atom. The molecular formula is C15H13F2NO2. The quantitative estimate of drug-likeness (QED) is 0.929. The third-order valence-electron chi connectivity index (χ3n) is 3.17. The van der Waals surface area contributed by atoms with Gasteiger partial charge in [0.05, 0.1) is 5.69 Å². The molecule has 0 saturated carbocycles. The van der Waals surface area contributed by atoms with Gasteiger partial charge in [-0.25, -0.2) is 8.78 Å². The highest BCUT2D eigenvalue weighted by Crippen LogP contribution is 2.32. The summed E-state index contributed by atoms with van der Waals surface area (Å²) in [4.78, 5) is 0. The number of anilines is 1. The van der Waals surface area contributed by atoms with Crippen molar-refractivity contribution < 1.29 is 18.3 Å². The summed E-state index contributed by atoms with van der Waals surface area (Å²) in [7, 11) is 0. The van der Waals surface area contributed by atoms with Crippen molar-refractivity contribution in [2.24, 2.45) is 0 Å². The zero-order chi connectivity index (χ0) is 14.1. The Balaban J connectivity index is 1.75. The largest absolute Gasteiger partial charge is 0.454 e. The summed E-state index contributed by atoms with van der Waals surface area (Å²) in [6.07, 6.45) is 0. The van der Waals surface area contributed by atoms with Gasteiger partial charge in [0.2, 0.25) is 6.79 Å². The van der Waals surface area contributed by atoms with Crippen molar-refractivity contribution in [2.75, 3.05) is 12.1 Å². The molecule has 2 aromatic rings. The summed E-state index contributed by atoms with van der Waals surface area (Å²) in [5, 5.41) is 2.88. The molecule has 0 saturated heterocycles. The molecule has 0 aromatic heterocycles. The summed E-state index contributed by atoms with van der Waals surface area (Å²) in [6.45, 7) is 2.11. The minimum absolute atomic E-state index is 0.144. The monoisotopic (exact) mass is 277 g/mol. The van der Waals surface area contributed by atoms with E-state index < -0.39 is 11.6 Å². The lowest BCUT2D eigenvalue weighted by molar-refractivity contribution is 0.174. The lowest BCUT2D eigenvalue weighted by Gasteiger charge is -2.09. The molecule has 1 aliphatic rings. The van der Waals surface area contributed by atoms with E-state index in [9.17, 15) is 8.78 Å². The smallest absolute Gasteiger partial charge is 0.231 e. The van der Waals surface area contributed by atoms with Crippen molar-refractivity contribution in [3.05, 3.63) is 53.1 Å². The molecule has 20 heavy (non-hydrogen) atoms. The molecule has 0 amide bonds. The van der Waals surface area contributed by atoms with Crippen LogP contribution in [-0.4, -0.2) is 6.79 Å². The van der Waals surface area contributed by atoms with Crippen molar-refractivity contribution >= 4 is 5.69 Å². The van der Waals surface area contributed by atoms with E-state index in [0.29, 0.717) is 18.0 Å². The summed E-state index contributed by atoms with van der Waals surface area (Å²) in [6, 6.07) is 7.81. The van der Waals surface area contributed by atoms with Crippen LogP contribution in [0.15, 0.2) is 30.3 Å². The Morgan fingerprint density at radius 2 is 1.85 bits per heavy atom. The van der Waals surface area contributed by atoms with E-state index in [1.165, 1.54) is 13.0 Å². The fraction of sp³-hybridized carbons (Fsp3) is 0.200. The van der Waals surface area contributed by atoms with E-state index >= 15 is 0 Å². The van der Waals surface area contributed by atoms with Gasteiger partial charge in [0.25, 0.3) is 0 Å². The van der Waals surface area contributed by atoms with Gasteiger partial charge in [-0.1, -0.05) is 6.07 Å². The number of nitrogens with one attached hydrogen (secondary N) is 1. The second kappa shape index (κ2) is 5.00. The highest BCUT2D eigenvalue weighted by molar-refractivity contribution is 5.49. The van der Waals surface area contributed by atoms with Crippen LogP contribution in [0.2, 0.25) is 0 Å². The predicted octanol–water partition coefficient (Wildman–Crippen LogP) is 3.61. The maximum Gasteiger partial charge on any atom is 0.231 e. The number of rotatable bonds is 3. The van der Waals surface area contributed by atoms with E-state index in [0.717, 1.165) is 11.6 Å². The molecule has 0 bridgehead atoms. The van der Waals surface area contributed by atoms with Gasteiger partial charge in [0, 0.05) is 12.6 Å². The Hall–Kier alpha value is -2.30. The van der Waals surface area contributed by atoms with Gasteiger partial charge >= 0.3 is 0 Å². The Labute approximate surface area is 115 Å². The summed E-state index contributed by atoms with van der Waals surface area (Å²) < 4.78 is 37.6. The Morgan fingerprint density at radius 1 is 1.05 bits per heavy atom. The summed E-state index contributed by atoms with van der Waals surface area (Å²) in [5.41, 5.74) is 1.33. The van der Waals surface area contributed by atoms with E-state index in [-0.39, 0.29) is 18.0 Å². The molecule has 2 aromatic carbocycles. The zero-order valence-electron chi connectivity index (χ0n) is 10.9. The van der Waals surface area contributed by atoms with Gasteiger partial charge in [-0.15, -0.1) is 0 Å². The number of benzene rings is 2. The lowest BCUT2D eigenvalue weighted by Crippen LogP contribution is -2.02. The normalized spacial score (nSPS) is 12.6. The molecule has 1 N–H and O–H groups in total. The van der Waals surface area contributed by atoms with Crippen molar-refractivity contribution in [2.45, 2.75) is 13.5 Å². The Bertz CT molecular complexity index is 659. The van der Waals surface area contributed by atoms with Crippen molar-refractivity contribution in [3.63, 3.8) is 0 Å². The fourth-order valence-corrected chi connectivity index (χ4v) is 2.03. The molecule has 0 radical (unpaired) electrons. The van der Waals surface area contributed by atoms with Crippen LogP contribution in [0.3, 0.4) is 0 Å². The molecule has 0 unspecified atom stereocenters. The number of hydrogen-bond donors (Lipinski definition) is 1. The van der Waals surface area contributed by atoms with E-state index in [2.05, 4.69) is 5.32 Å².